The third-order valence-corrected chi connectivity index (χ3v) is 3.20. The van der Waals surface area contributed by atoms with Gasteiger partial charge in [-0.2, -0.15) is 0 Å². The molecule has 0 radical (unpaired) electrons. The van der Waals surface area contributed by atoms with Crippen molar-refractivity contribution < 1.29 is 19.5 Å². The number of carbonyl (C=O) groups excluding carboxylic acids is 2. The highest BCUT2D eigenvalue weighted by molar-refractivity contribution is 5.99. The summed E-state index contributed by atoms with van der Waals surface area (Å²) in [5.74, 6) is -1.40. The molecule has 0 aliphatic heterocycles. The normalized spacial score (nSPS) is 10.2. The summed E-state index contributed by atoms with van der Waals surface area (Å²) in [6.45, 7) is 5.42. The standard InChI is InChI=1S/C16H21NO4/c1-10-7-11(2)16(12(3)8-10)13(18)5-4-6-14(19)17-9-15(20)21/h7-8H,4-6,9H2,1-3H3,(H,17,19)(H,20,21). The second kappa shape index (κ2) is 7.57. The van der Waals surface area contributed by atoms with E-state index < -0.39 is 5.97 Å². The molecule has 0 saturated carbocycles. The van der Waals surface area contributed by atoms with E-state index in [1.54, 1.807) is 0 Å². The van der Waals surface area contributed by atoms with E-state index in [1.165, 1.54) is 0 Å². The van der Waals surface area contributed by atoms with Crippen LogP contribution in [0.2, 0.25) is 0 Å². The Morgan fingerprint density at radius 2 is 1.62 bits per heavy atom. The molecule has 5 heteroatoms. The molecule has 1 rings (SSSR count). The van der Waals surface area contributed by atoms with Gasteiger partial charge in [-0.05, 0) is 38.3 Å². The summed E-state index contributed by atoms with van der Waals surface area (Å²) in [4.78, 5) is 33.9. The lowest BCUT2D eigenvalue weighted by Crippen LogP contribution is -2.29. The van der Waals surface area contributed by atoms with E-state index in [9.17, 15) is 14.4 Å². The summed E-state index contributed by atoms with van der Waals surface area (Å²) in [7, 11) is 0. The first-order chi connectivity index (χ1) is 9.81. The van der Waals surface area contributed by atoms with Gasteiger partial charge in [-0.15, -0.1) is 0 Å². The molecule has 0 fully saturated rings. The van der Waals surface area contributed by atoms with Crippen LogP contribution in [0.3, 0.4) is 0 Å². The fourth-order valence-corrected chi connectivity index (χ4v) is 2.42. The van der Waals surface area contributed by atoms with Gasteiger partial charge in [-0.3, -0.25) is 14.4 Å². The molecular weight excluding hydrogens is 270 g/mol. The van der Waals surface area contributed by atoms with Crippen LogP contribution >= 0.6 is 0 Å². The summed E-state index contributed by atoms with van der Waals surface area (Å²) in [5, 5.41) is 10.7. The highest BCUT2D eigenvalue weighted by Gasteiger charge is 2.13. The molecule has 2 N–H and O–H groups in total. The maximum atomic E-state index is 12.2. The van der Waals surface area contributed by atoms with Crippen molar-refractivity contribution in [2.45, 2.75) is 40.0 Å². The first-order valence-electron chi connectivity index (χ1n) is 6.90. The van der Waals surface area contributed by atoms with Crippen molar-refractivity contribution in [2.24, 2.45) is 0 Å². The number of carbonyl (C=O) groups is 3. The monoisotopic (exact) mass is 291 g/mol. The largest absolute Gasteiger partial charge is 0.480 e. The van der Waals surface area contributed by atoms with Gasteiger partial charge < -0.3 is 10.4 Å². The number of nitrogens with one attached hydrogen (secondary N) is 1. The zero-order chi connectivity index (χ0) is 16.0. The van der Waals surface area contributed by atoms with E-state index in [4.69, 9.17) is 5.11 Å². The van der Waals surface area contributed by atoms with Crippen molar-refractivity contribution >= 4 is 17.7 Å². The van der Waals surface area contributed by atoms with Crippen molar-refractivity contribution in [3.8, 4) is 0 Å². The number of carboxylic acids is 1. The van der Waals surface area contributed by atoms with E-state index in [0.717, 1.165) is 22.3 Å². The van der Waals surface area contributed by atoms with Gasteiger partial charge in [0.25, 0.3) is 0 Å². The number of aliphatic carboxylic acids is 1. The average molecular weight is 291 g/mol. The Bertz CT molecular complexity index is 540. The van der Waals surface area contributed by atoms with Gasteiger partial charge in [0, 0.05) is 18.4 Å². The number of carboxylic acid groups (broad SMARTS) is 1. The molecule has 0 bridgehead atoms. The molecule has 114 valence electrons. The topological polar surface area (TPSA) is 83.5 Å². The molecule has 0 aliphatic carbocycles. The molecule has 0 saturated heterocycles. The van der Waals surface area contributed by atoms with Gasteiger partial charge in [0.1, 0.15) is 6.54 Å². The van der Waals surface area contributed by atoms with Crippen LogP contribution in [0.4, 0.5) is 0 Å². The molecule has 1 aromatic carbocycles. The lowest BCUT2D eigenvalue weighted by molar-refractivity contribution is -0.137. The Labute approximate surface area is 124 Å². The van der Waals surface area contributed by atoms with Gasteiger partial charge in [0.05, 0.1) is 0 Å². The predicted molar refractivity (Wildman–Crippen MR) is 79.5 cm³/mol. The van der Waals surface area contributed by atoms with Gasteiger partial charge in [0.2, 0.25) is 5.91 Å². The highest BCUT2D eigenvalue weighted by Crippen LogP contribution is 2.19. The highest BCUT2D eigenvalue weighted by atomic mass is 16.4. The van der Waals surface area contributed by atoms with Crippen LogP contribution < -0.4 is 5.32 Å². The third-order valence-electron chi connectivity index (χ3n) is 3.20. The predicted octanol–water partition coefficient (Wildman–Crippen LogP) is 2.17. The first-order valence-corrected chi connectivity index (χ1v) is 6.90. The SMILES string of the molecule is Cc1cc(C)c(C(=O)CCCC(=O)NCC(=O)O)c(C)c1. The summed E-state index contributed by atoms with van der Waals surface area (Å²) in [5.41, 5.74) is 3.75. The van der Waals surface area contributed by atoms with E-state index >= 15 is 0 Å². The number of ketones is 1. The van der Waals surface area contributed by atoms with Crippen LogP contribution in [0.1, 0.15) is 46.3 Å². The van der Waals surface area contributed by atoms with Crippen molar-refractivity contribution in [3.05, 3.63) is 34.4 Å². The Balaban J connectivity index is 2.52. The second-order valence-electron chi connectivity index (χ2n) is 5.22. The minimum atomic E-state index is -1.08. The molecule has 0 unspecified atom stereocenters. The maximum Gasteiger partial charge on any atom is 0.322 e. The number of aryl methyl sites for hydroxylation is 3. The fourth-order valence-electron chi connectivity index (χ4n) is 2.42. The fraction of sp³-hybridized carbons (Fsp3) is 0.438. The van der Waals surface area contributed by atoms with Crippen LogP contribution in [-0.4, -0.2) is 29.3 Å². The van der Waals surface area contributed by atoms with Crippen LogP contribution in [-0.2, 0) is 9.59 Å². The maximum absolute atomic E-state index is 12.2. The Hall–Kier alpha value is -2.17. The van der Waals surface area contributed by atoms with Gasteiger partial charge >= 0.3 is 5.97 Å². The van der Waals surface area contributed by atoms with E-state index in [2.05, 4.69) is 5.32 Å². The van der Waals surface area contributed by atoms with Crippen LogP contribution in [0.15, 0.2) is 12.1 Å². The molecule has 0 aliphatic rings. The molecule has 1 amide bonds. The zero-order valence-electron chi connectivity index (χ0n) is 12.7. The quantitative estimate of drug-likeness (QED) is 0.754. The van der Waals surface area contributed by atoms with Gasteiger partial charge in [-0.1, -0.05) is 17.7 Å². The Morgan fingerprint density at radius 3 is 2.14 bits per heavy atom. The molecule has 1 aromatic rings. The Kier molecular flexibility index (Phi) is 6.09. The molecule has 0 atom stereocenters. The Morgan fingerprint density at radius 1 is 1.05 bits per heavy atom. The summed E-state index contributed by atoms with van der Waals surface area (Å²) in [6.07, 6.45) is 0.852. The van der Waals surface area contributed by atoms with Crippen molar-refractivity contribution in [3.63, 3.8) is 0 Å². The number of benzene rings is 1. The lowest BCUT2D eigenvalue weighted by atomic mass is 9.94. The van der Waals surface area contributed by atoms with E-state index in [-0.39, 0.29) is 31.1 Å². The minimum absolute atomic E-state index is 0.0241. The number of hydrogen-bond acceptors (Lipinski definition) is 3. The van der Waals surface area contributed by atoms with Crippen molar-refractivity contribution in [1.82, 2.24) is 5.32 Å². The van der Waals surface area contributed by atoms with Crippen LogP contribution in [0, 0.1) is 20.8 Å². The lowest BCUT2D eigenvalue weighted by Gasteiger charge is -2.10. The van der Waals surface area contributed by atoms with Crippen molar-refractivity contribution in [2.75, 3.05) is 6.54 Å². The van der Waals surface area contributed by atoms with Crippen molar-refractivity contribution in [1.29, 1.82) is 0 Å². The average Bonchev–Trinajstić information content (AvgIpc) is 2.35. The number of hydrogen-bond donors (Lipinski definition) is 2. The third kappa shape index (κ3) is 5.38. The molecule has 21 heavy (non-hydrogen) atoms. The summed E-state index contributed by atoms with van der Waals surface area (Å²) in [6, 6.07) is 3.94. The number of Topliss-reactive ketones (excluding diaryl/α,β-unsaturated/α-hetero) is 1. The van der Waals surface area contributed by atoms with E-state index in [0.29, 0.717) is 6.42 Å². The van der Waals surface area contributed by atoms with E-state index in [1.807, 2.05) is 32.9 Å². The molecule has 0 heterocycles. The van der Waals surface area contributed by atoms with Gasteiger partial charge in [0.15, 0.2) is 5.78 Å². The molecule has 0 aromatic heterocycles. The van der Waals surface area contributed by atoms with Gasteiger partial charge in [-0.25, -0.2) is 0 Å². The van der Waals surface area contributed by atoms with Crippen LogP contribution in [0.25, 0.3) is 0 Å². The summed E-state index contributed by atoms with van der Waals surface area (Å²) < 4.78 is 0. The first kappa shape index (κ1) is 16.9. The molecule has 0 spiro atoms. The smallest absolute Gasteiger partial charge is 0.322 e. The van der Waals surface area contributed by atoms with Crippen LogP contribution in [0.5, 0.6) is 0 Å². The number of amides is 1. The second-order valence-corrected chi connectivity index (χ2v) is 5.22. The zero-order valence-corrected chi connectivity index (χ0v) is 12.7. The number of rotatable bonds is 7. The summed E-state index contributed by atoms with van der Waals surface area (Å²) >= 11 is 0. The molecule has 5 nitrogen and oxygen atoms in total. The molecular formula is C16H21NO4. The minimum Gasteiger partial charge on any atom is -0.480 e.